The molecule has 1 heteroatoms. The van der Waals surface area contributed by atoms with Crippen molar-refractivity contribution in [3.63, 3.8) is 0 Å². The van der Waals surface area contributed by atoms with E-state index in [-0.39, 0.29) is 0 Å². The van der Waals surface area contributed by atoms with E-state index >= 15 is 0 Å². The van der Waals surface area contributed by atoms with Crippen LogP contribution >= 0.6 is 0 Å². The first-order valence-electron chi connectivity index (χ1n) is 7.80. The average molecular weight is 242 g/mol. The second kappa shape index (κ2) is 9.94. The van der Waals surface area contributed by atoms with Crippen LogP contribution in [0.3, 0.4) is 0 Å². The second-order valence-corrected chi connectivity index (χ2v) is 6.68. The van der Waals surface area contributed by atoms with E-state index in [0.717, 1.165) is 10.4 Å². The summed E-state index contributed by atoms with van der Waals surface area (Å²) in [5.74, 6) is 0.957. The zero-order chi connectivity index (χ0) is 13.1. The van der Waals surface area contributed by atoms with Gasteiger partial charge in [0.15, 0.2) is 0 Å². The van der Waals surface area contributed by atoms with Gasteiger partial charge in [-0.05, 0) is 12.8 Å². The lowest BCUT2D eigenvalue weighted by atomic mass is 9.94. The molecule has 0 bridgehead atoms. The van der Waals surface area contributed by atoms with E-state index in [1.54, 1.807) is 0 Å². The molecule has 0 spiro atoms. The summed E-state index contributed by atoms with van der Waals surface area (Å²) >= 11 is 0. The molecular formula is C16H36N+. The first-order valence-corrected chi connectivity index (χ1v) is 7.80. The molecule has 0 aromatic rings. The topological polar surface area (TPSA) is 0 Å². The second-order valence-electron chi connectivity index (χ2n) is 6.68. The fraction of sp³-hybridized carbons (Fsp3) is 1.00. The Hall–Kier alpha value is -0.0400. The van der Waals surface area contributed by atoms with Gasteiger partial charge in [-0.3, -0.25) is 0 Å². The van der Waals surface area contributed by atoms with Crippen molar-refractivity contribution in [1.82, 2.24) is 0 Å². The first kappa shape index (κ1) is 17.0. The van der Waals surface area contributed by atoms with Crippen LogP contribution in [0.5, 0.6) is 0 Å². The monoisotopic (exact) mass is 242 g/mol. The smallest absolute Gasteiger partial charge is 0.0809 e. The Morgan fingerprint density at radius 3 is 1.65 bits per heavy atom. The van der Waals surface area contributed by atoms with E-state index in [0.29, 0.717) is 0 Å². The quantitative estimate of drug-likeness (QED) is 0.358. The number of quaternary nitrogens is 1. The van der Waals surface area contributed by atoms with Crippen molar-refractivity contribution in [3.05, 3.63) is 0 Å². The van der Waals surface area contributed by atoms with E-state index in [9.17, 15) is 0 Å². The highest BCUT2D eigenvalue weighted by atomic mass is 15.3. The summed E-state index contributed by atoms with van der Waals surface area (Å²) in [6, 6.07) is 0. The Morgan fingerprint density at radius 2 is 1.18 bits per heavy atom. The van der Waals surface area contributed by atoms with Gasteiger partial charge in [-0.25, -0.2) is 0 Å². The van der Waals surface area contributed by atoms with Gasteiger partial charge in [0.25, 0.3) is 0 Å². The number of rotatable bonds is 11. The standard InChI is InChI=1S/C16H36N/c1-6-8-10-12-14-16(13-11-9-7-2)15-17(3,4)5/h16H,6-15H2,1-5H3/q+1. The van der Waals surface area contributed by atoms with E-state index in [1.165, 1.54) is 64.3 Å². The van der Waals surface area contributed by atoms with Crippen LogP contribution in [0.25, 0.3) is 0 Å². The van der Waals surface area contributed by atoms with Gasteiger partial charge in [-0.1, -0.05) is 58.8 Å². The molecule has 104 valence electrons. The van der Waals surface area contributed by atoms with Crippen molar-refractivity contribution in [2.45, 2.75) is 71.6 Å². The predicted octanol–water partition coefficient (Wildman–Crippen LogP) is 4.86. The van der Waals surface area contributed by atoms with Crippen LogP contribution in [0.1, 0.15) is 71.6 Å². The molecule has 0 aromatic carbocycles. The predicted molar refractivity (Wildman–Crippen MR) is 79.3 cm³/mol. The molecule has 0 aliphatic heterocycles. The van der Waals surface area contributed by atoms with Crippen molar-refractivity contribution >= 4 is 0 Å². The summed E-state index contributed by atoms with van der Waals surface area (Å²) < 4.78 is 1.13. The summed E-state index contributed by atoms with van der Waals surface area (Å²) in [6.45, 7) is 5.96. The summed E-state index contributed by atoms with van der Waals surface area (Å²) in [4.78, 5) is 0. The fourth-order valence-electron chi connectivity index (χ4n) is 2.64. The minimum Gasteiger partial charge on any atom is -0.331 e. The maximum absolute atomic E-state index is 2.33. The van der Waals surface area contributed by atoms with Crippen LogP contribution in [0.4, 0.5) is 0 Å². The number of unbranched alkanes of at least 4 members (excludes halogenated alkanes) is 5. The molecule has 0 aliphatic carbocycles. The molecule has 17 heavy (non-hydrogen) atoms. The van der Waals surface area contributed by atoms with Gasteiger partial charge in [0.1, 0.15) is 0 Å². The Labute approximate surface area is 110 Å². The lowest BCUT2D eigenvalue weighted by Crippen LogP contribution is -2.39. The van der Waals surface area contributed by atoms with Crippen molar-refractivity contribution in [2.24, 2.45) is 5.92 Å². The maximum atomic E-state index is 2.33. The van der Waals surface area contributed by atoms with Crippen LogP contribution in [0, 0.1) is 5.92 Å². The molecule has 1 unspecified atom stereocenters. The third-order valence-corrected chi connectivity index (χ3v) is 3.49. The molecule has 0 saturated heterocycles. The van der Waals surface area contributed by atoms with Crippen molar-refractivity contribution in [3.8, 4) is 0 Å². The van der Waals surface area contributed by atoms with Gasteiger partial charge in [-0.2, -0.15) is 0 Å². The summed E-state index contributed by atoms with van der Waals surface area (Å²) in [7, 11) is 7.00. The first-order chi connectivity index (χ1) is 7.99. The van der Waals surface area contributed by atoms with Gasteiger partial charge in [0.2, 0.25) is 0 Å². The highest BCUT2D eigenvalue weighted by Gasteiger charge is 2.17. The van der Waals surface area contributed by atoms with Crippen molar-refractivity contribution in [2.75, 3.05) is 27.7 Å². The summed E-state index contributed by atoms with van der Waals surface area (Å²) in [6.07, 6.45) is 12.8. The third-order valence-electron chi connectivity index (χ3n) is 3.49. The lowest BCUT2D eigenvalue weighted by molar-refractivity contribution is -0.874. The Bertz CT molecular complexity index is 157. The van der Waals surface area contributed by atoms with Gasteiger partial charge in [0.05, 0.1) is 27.7 Å². The fourth-order valence-corrected chi connectivity index (χ4v) is 2.64. The molecule has 0 saturated carbocycles. The van der Waals surface area contributed by atoms with Crippen LogP contribution in [-0.2, 0) is 0 Å². The molecule has 1 atom stereocenters. The Kier molecular flexibility index (Phi) is 9.91. The minimum absolute atomic E-state index is 0.957. The average Bonchev–Trinajstić information content (AvgIpc) is 2.22. The van der Waals surface area contributed by atoms with Gasteiger partial charge >= 0.3 is 0 Å². The number of hydrogen-bond donors (Lipinski definition) is 0. The third kappa shape index (κ3) is 12.2. The molecule has 0 fully saturated rings. The molecule has 0 aliphatic rings. The molecule has 0 amide bonds. The molecule has 0 N–H and O–H groups in total. The van der Waals surface area contributed by atoms with Crippen LogP contribution in [-0.4, -0.2) is 32.2 Å². The largest absolute Gasteiger partial charge is 0.331 e. The Balaban J connectivity index is 3.84. The molecule has 0 radical (unpaired) electrons. The van der Waals surface area contributed by atoms with Crippen LogP contribution in [0.15, 0.2) is 0 Å². The number of nitrogens with zero attached hydrogens (tertiary/aromatic N) is 1. The van der Waals surface area contributed by atoms with E-state index in [2.05, 4.69) is 35.0 Å². The number of hydrogen-bond acceptors (Lipinski definition) is 0. The maximum Gasteiger partial charge on any atom is 0.0809 e. The van der Waals surface area contributed by atoms with Crippen molar-refractivity contribution < 1.29 is 4.48 Å². The van der Waals surface area contributed by atoms with E-state index in [4.69, 9.17) is 0 Å². The highest BCUT2D eigenvalue weighted by molar-refractivity contribution is 4.60. The summed E-state index contributed by atoms with van der Waals surface area (Å²) in [5.41, 5.74) is 0. The molecule has 0 heterocycles. The molecular weight excluding hydrogens is 206 g/mol. The highest BCUT2D eigenvalue weighted by Crippen LogP contribution is 2.20. The summed E-state index contributed by atoms with van der Waals surface area (Å²) in [5, 5.41) is 0. The Morgan fingerprint density at radius 1 is 0.706 bits per heavy atom. The molecule has 0 rings (SSSR count). The molecule has 0 aromatic heterocycles. The SMILES string of the molecule is CCCCCCC(CCCCC)C[N+](C)(C)C. The van der Waals surface area contributed by atoms with E-state index in [1.807, 2.05) is 0 Å². The normalized spacial score (nSPS) is 13.9. The lowest BCUT2D eigenvalue weighted by Gasteiger charge is -2.29. The van der Waals surface area contributed by atoms with E-state index < -0.39 is 0 Å². The molecule has 1 nitrogen and oxygen atoms in total. The van der Waals surface area contributed by atoms with Gasteiger partial charge in [0, 0.05) is 5.92 Å². The zero-order valence-electron chi connectivity index (χ0n) is 13.1. The van der Waals surface area contributed by atoms with Crippen LogP contribution in [0.2, 0.25) is 0 Å². The van der Waals surface area contributed by atoms with Gasteiger partial charge in [-0.15, -0.1) is 0 Å². The zero-order valence-corrected chi connectivity index (χ0v) is 13.1. The van der Waals surface area contributed by atoms with Crippen LogP contribution < -0.4 is 0 Å². The minimum atomic E-state index is 0.957. The van der Waals surface area contributed by atoms with Crippen molar-refractivity contribution in [1.29, 1.82) is 0 Å². The van der Waals surface area contributed by atoms with Gasteiger partial charge < -0.3 is 4.48 Å².